The van der Waals surface area contributed by atoms with Crippen LogP contribution in [0.3, 0.4) is 0 Å². The fourth-order valence-corrected chi connectivity index (χ4v) is 3.09. The number of fused-ring (bicyclic) bond motifs is 1. The van der Waals surface area contributed by atoms with Gasteiger partial charge in [0.15, 0.2) is 6.61 Å². The lowest BCUT2D eigenvalue weighted by Gasteiger charge is -2.27. The molecule has 1 amide bonds. The first-order chi connectivity index (χ1) is 12.5. The molecule has 0 saturated heterocycles. The predicted molar refractivity (Wildman–Crippen MR) is 100 cm³/mol. The quantitative estimate of drug-likeness (QED) is 0.822. The second-order valence-electron chi connectivity index (χ2n) is 6.84. The SMILES string of the molecule is C[C@H]1CCc2c(ccc(-c3cnn(CCO)c3)c2OCC(=O)N(C)C)N1. The van der Waals surface area contributed by atoms with Crippen molar-refractivity contribution in [3.63, 3.8) is 0 Å². The first kappa shape index (κ1) is 18.3. The van der Waals surface area contributed by atoms with Gasteiger partial charge in [0.1, 0.15) is 5.75 Å². The number of hydrogen-bond donors (Lipinski definition) is 2. The summed E-state index contributed by atoms with van der Waals surface area (Å²) in [5.41, 5.74) is 3.98. The number of anilines is 1. The molecule has 2 aromatic rings. The lowest BCUT2D eigenvalue weighted by atomic mass is 9.94. The highest BCUT2D eigenvalue weighted by Gasteiger charge is 2.22. The van der Waals surface area contributed by atoms with Crippen LogP contribution in [0.1, 0.15) is 18.9 Å². The first-order valence-corrected chi connectivity index (χ1v) is 8.88. The Labute approximate surface area is 153 Å². The molecule has 1 aromatic carbocycles. The molecule has 0 radical (unpaired) electrons. The van der Waals surface area contributed by atoms with Crippen molar-refractivity contribution < 1.29 is 14.6 Å². The Kier molecular flexibility index (Phi) is 5.46. The number of carbonyl (C=O) groups excluding carboxylic acids is 1. The van der Waals surface area contributed by atoms with E-state index in [4.69, 9.17) is 9.84 Å². The number of hydrogen-bond acceptors (Lipinski definition) is 5. The molecule has 140 valence electrons. The number of carbonyl (C=O) groups is 1. The zero-order valence-electron chi connectivity index (χ0n) is 15.5. The molecular weight excluding hydrogens is 332 g/mol. The van der Waals surface area contributed by atoms with Gasteiger partial charge in [-0.15, -0.1) is 0 Å². The zero-order valence-corrected chi connectivity index (χ0v) is 15.5. The maximum atomic E-state index is 12.0. The molecule has 0 spiro atoms. The monoisotopic (exact) mass is 358 g/mol. The lowest BCUT2D eigenvalue weighted by Crippen LogP contribution is -2.28. The summed E-state index contributed by atoms with van der Waals surface area (Å²) < 4.78 is 7.70. The second kappa shape index (κ2) is 7.78. The third-order valence-corrected chi connectivity index (χ3v) is 4.60. The minimum absolute atomic E-state index is 0.00319. The fourth-order valence-electron chi connectivity index (χ4n) is 3.09. The molecule has 7 nitrogen and oxygen atoms in total. The van der Waals surface area contributed by atoms with Crippen LogP contribution in [0.5, 0.6) is 5.75 Å². The normalized spacial score (nSPS) is 15.9. The van der Waals surface area contributed by atoms with Gasteiger partial charge < -0.3 is 20.1 Å². The third kappa shape index (κ3) is 3.83. The van der Waals surface area contributed by atoms with Crippen LogP contribution in [-0.2, 0) is 17.8 Å². The minimum Gasteiger partial charge on any atom is -0.483 e. The van der Waals surface area contributed by atoms with E-state index >= 15 is 0 Å². The summed E-state index contributed by atoms with van der Waals surface area (Å²) in [5.74, 6) is 0.655. The van der Waals surface area contributed by atoms with Crippen LogP contribution >= 0.6 is 0 Å². The summed E-state index contributed by atoms with van der Waals surface area (Å²) >= 11 is 0. The molecule has 0 unspecified atom stereocenters. The highest BCUT2D eigenvalue weighted by molar-refractivity contribution is 5.80. The Hall–Kier alpha value is -2.54. The van der Waals surface area contributed by atoms with Gasteiger partial charge in [-0.25, -0.2) is 0 Å². The van der Waals surface area contributed by atoms with E-state index in [1.54, 1.807) is 25.0 Å². The molecule has 3 rings (SSSR count). The van der Waals surface area contributed by atoms with Crippen molar-refractivity contribution in [2.75, 3.05) is 32.6 Å². The number of likely N-dealkylation sites (N-methyl/N-ethyl adjacent to an activating group) is 1. The molecule has 2 heterocycles. The van der Waals surface area contributed by atoms with Gasteiger partial charge in [0.05, 0.1) is 19.3 Å². The molecule has 7 heteroatoms. The molecule has 26 heavy (non-hydrogen) atoms. The number of aliphatic hydroxyl groups is 1. The van der Waals surface area contributed by atoms with Crippen molar-refractivity contribution in [2.24, 2.45) is 0 Å². The van der Waals surface area contributed by atoms with Crippen LogP contribution in [0.4, 0.5) is 5.69 Å². The largest absolute Gasteiger partial charge is 0.483 e. The Morgan fingerprint density at radius 2 is 2.27 bits per heavy atom. The third-order valence-electron chi connectivity index (χ3n) is 4.60. The standard InChI is InChI=1S/C19H26N4O3/c1-13-4-5-16-17(21-13)7-6-15(14-10-20-23(11-14)8-9-24)19(16)26-12-18(25)22(2)3/h6-7,10-11,13,21,24H,4-5,8-9,12H2,1-3H3/t13-/m0/s1. The van der Waals surface area contributed by atoms with Crippen molar-refractivity contribution >= 4 is 11.6 Å². The average Bonchev–Trinajstić information content (AvgIpc) is 3.07. The van der Waals surface area contributed by atoms with E-state index in [9.17, 15) is 4.79 Å². The molecule has 0 bridgehead atoms. The molecule has 2 N–H and O–H groups in total. The van der Waals surface area contributed by atoms with Crippen molar-refractivity contribution in [3.8, 4) is 16.9 Å². The Morgan fingerprint density at radius 3 is 3.00 bits per heavy atom. The van der Waals surface area contributed by atoms with Crippen LogP contribution in [0.15, 0.2) is 24.5 Å². The number of ether oxygens (including phenoxy) is 1. The summed E-state index contributed by atoms with van der Waals surface area (Å²) in [5, 5.41) is 16.9. The van der Waals surface area contributed by atoms with Gasteiger partial charge in [-0.2, -0.15) is 5.10 Å². The summed E-state index contributed by atoms with van der Waals surface area (Å²) in [6.45, 7) is 2.63. The van der Waals surface area contributed by atoms with E-state index in [-0.39, 0.29) is 19.1 Å². The molecule has 1 aliphatic heterocycles. The Morgan fingerprint density at radius 1 is 1.46 bits per heavy atom. The maximum Gasteiger partial charge on any atom is 0.259 e. The molecule has 1 aliphatic rings. The summed E-state index contributed by atoms with van der Waals surface area (Å²) in [4.78, 5) is 13.5. The Bertz CT molecular complexity index is 785. The number of nitrogens with zero attached hydrogens (tertiary/aromatic N) is 3. The number of aliphatic hydroxyl groups excluding tert-OH is 1. The molecular formula is C19H26N4O3. The highest BCUT2D eigenvalue weighted by Crippen LogP contribution is 2.40. The maximum absolute atomic E-state index is 12.0. The van der Waals surface area contributed by atoms with Gasteiger partial charge in [-0.3, -0.25) is 9.48 Å². The number of amides is 1. The van der Waals surface area contributed by atoms with Crippen LogP contribution in [0.2, 0.25) is 0 Å². The second-order valence-corrected chi connectivity index (χ2v) is 6.84. The average molecular weight is 358 g/mol. The van der Waals surface area contributed by atoms with Crippen molar-refractivity contribution in [3.05, 3.63) is 30.1 Å². The van der Waals surface area contributed by atoms with Gasteiger partial charge in [0, 0.05) is 48.7 Å². The molecule has 0 fully saturated rings. The molecule has 0 saturated carbocycles. The van der Waals surface area contributed by atoms with E-state index in [0.717, 1.165) is 41.0 Å². The van der Waals surface area contributed by atoms with Crippen LogP contribution in [0, 0.1) is 0 Å². The number of aromatic nitrogens is 2. The van der Waals surface area contributed by atoms with E-state index in [0.29, 0.717) is 12.6 Å². The summed E-state index contributed by atoms with van der Waals surface area (Å²) in [6, 6.07) is 4.47. The topological polar surface area (TPSA) is 79.6 Å². The summed E-state index contributed by atoms with van der Waals surface area (Å²) in [6.07, 6.45) is 5.56. The lowest BCUT2D eigenvalue weighted by molar-refractivity contribution is -0.130. The number of rotatable bonds is 6. The van der Waals surface area contributed by atoms with E-state index in [1.807, 2.05) is 12.3 Å². The first-order valence-electron chi connectivity index (χ1n) is 8.88. The van der Waals surface area contributed by atoms with Gasteiger partial charge in [0.25, 0.3) is 5.91 Å². The van der Waals surface area contributed by atoms with Crippen LogP contribution in [0.25, 0.3) is 11.1 Å². The highest BCUT2D eigenvalue weighted by atomic mass is 16.5. The predicted octanol–water partition coefficient (Wildman–Crippen LogP) is 1.76. The van der Waals surface area contributed by atoms with E-state index in [1.165, 1.54) is 4.90 Å². The van der Waals surface area contributed by atoms with Gasteiger partial charge >= 0.3 is 0 Å². The molecule has 1 atom stereocenters. The van der Waals surface area contributed by atoms with Crippen molar-refractivity contribution in [1.29, 1.82) is 0 Å². The van der Waals surface area contributed by atoms with Crippen LogP contribution in [-0.4, -0.2) is 59.0 Å². The zero-order chi connectivity index (χ0) is 18.7. The number of nitrogens with one attached hydrogen (secondary N) is 1. The van der Waals surface area contributed by atoms with Gasteiger partial charge in [-0.05, 0) is 31.9 Å². The minimum atomic E-state index is -0.0818. The van der Waals surface area contributed by atoms with Gasteiger partial charge in [0.2, 0.25) is 0 Å². The van der Waals surface area contributed by atoms with Gasteiger partial charge in [-0.1, -0.05) is 0 Å². The summed E-state index contributed by atoms with van der Waals surface area (Å²) in [7, 11) is 3.43. The fraction of sp³-hybridized carbons (Fsp3) is 0.474. The Balaban J connectivity index is 1.98. The van der Waals surface area contributed by atoms with Crippen LogP contribution < -0.4 is 10.1 Å². The smallest absolute Gasteiger partial charge is 0.259 e. The van der Waals surface area contributed by atoms with Crippen molar-refractivity contribution in [2.45, 2.75) is 32.4 Å². The molecule has 0 aliphatic carbocycles. The van der Waals surface area contributed by atoms with E-state index in [2.05, 4.69) is 23.4 Å². The number of benzene rings is 1. The van der Waals surface area contributed by atoms with E-state index < -0.39 is 0 Å². The van der Waals surface area contributed by atoms with Crippen molar-refractivity contribution in [1.82, 2.24) is 14.7 Å². The molecule has 1 aromatic heterocycles.